The van der Waals surface area contributed by atoms with E-state index < -0.39 is 0 Å². The van der Waals surface area contributed by atoms with Crippen LogP contribution in [0.1, 0.15) is 49.8 Å². The third kappa shape index (κ3) is 3.01. The Bertz CT molecular complexity index is 497. The van der Waals surface area contributed by atoms with Crippen molar-refractivity contribution in [3.8, 4) is 11.5 Å². The SMILES string of the molecule is COc1cc2c(cc1C(CO)NC1CCCC1)OC(C)C2. The van der Waals surface area contributed by atoms with Gasteiger partial charge in [0.25, 0.3) is 0 Å². The summed E-state index contributed by atoms with van der Waals surface area (Å²) in [5.74, 6) is 1.78. The third-order valence-corrected chi connectivity index (χ3v) is 4.60. The Morgan fingerprint density at radius 1 is 1.38 bits per heavy atom. The summed E-state index contributed by atoms with van der Waals surface area (Å²) in [6.07, 6.45) is 6.07. The Morgan fingerprint density at radius 2 is 2.14 bits per heavy atom. The van der Waals surface area contributed by atoms with E-state index in [1.54, 1.807) is 7.11 Å². The summed E-state index contributed by atoms with van der Waals surface area (Å²) in [5.41, 5.74) is 2.19. The first-order valence-electron chi connectivity index (χ1n) is 7.95. The quantitative estimate of drug-likeness (QED) is 0.875. The number of rotatable bonds is 5. The smallest absolute Gasteiger partial charge is 0.124 e. The van der Waals surface area contributed by atoms with Gasteiger partial charge in [-0.3, -0.25) is 0 Å². The largest absolute Gasteiger partial charge is 0.496 e. The van der Waals surface area contributed by atoms with Crippen molar-refractivity contribution in [2.24, 2.45) is 0 Å². The number of aliphatic hydroxyl groups is 1. The zero-order valence-corrected chi connectivity index (χ0v) is 12.9. The molecule has 2 aliphatic rings. The van der Waals surface area contributed by atoms with Gasteiger partial charge < -0.3 is 19.9 Å². The molecule has 2 unspecified atom stereocenters. The molecule has 21 heavy (non-hydrogen) atoms. The van der Waals surface area contributed by atoms with E-state index in [4.69, 9.17) is 9.47 Å². The lowest BCUT2D eigenvalue weighted by Gasteiger charge is -2.23. The second kappa shape index (κ2) is 6.24. The van der Waals surface area contributed by atoms with Crippen molar-refractivity contribution < 1.29 is 14.6 Å². The van der Waals surface area contributed by atoms with E-state index in [9.17, 15) is 5.11 Å². The van der Waals surface area contributed by atoms with E-state index in [0.717, 1.165) is 23.5 Å². The van der Waals surface area contributed by atoms with Crippen molar-refractivity contribution in [3.63, 3.8) is 0 Å². The molecule has 4 heteroatoms. The van der Waals surface area contributed by atoms with E-state index in [0.29, 0.717) is 6.04 Å². The van der Waals surface area contributed by atoms with Gasteiger partial charge in [0.1, 0.15) is 17.6 Å². The minimum atomic E-state index is -0.0899. The van der Waals surface area contributed by atoms with Crippen LogP contribution in [0.15, 0.2) is 12.1 Å². The summed E-state index contributed by atoms with van der Waals surface area (Å²) in [6, 6.07) is 4.51. The van der Waals surface area contributed by atoms with E-state index in [-0.39, 0.29) is 18.8 Å². The summed E-state index contributed by atoms with van der Waals surface area (Å²) in [5, 5.41) is 13.4. The molecule has 1 heterocycles. The minimum absolute atomic E-state index is 0.0706. The topological polar surface area (TPSA) is 50.7 Å². The molecule has 116 valence electrons. The van der Waals surface area contributed by atoms with Gasteiger partial charge in [-0.05, 0) is 31.9 Å². The maximum Gasteiger partial charge on any atom is 0.124 e. The highest BCUT2D eigenvalue weighted by Crippen LogP contribution is 2.38. The molecule has 1 aromatic carbocycles. The first-order valence-corrected chi connectivity index (χ1v) is 7.95. The molecule has 4 nitrogen and oxygen atoms in total. The zero-order valence-electron chi connectivity index (χ0n) is 12.9. The Hall–Kier alpha value is -1.26. The number of fused-ring (bicyclic) bond motifs is 1. The maximum absolute atomic E-state index is 9.80. The molecule has 2 N–H and O–H groups in total. The van der Waals surface area contributed by atoms with Gasteiger partial charge >= 0.3 is 0 Å². The van der Waals surface area contributed by atoms with Crippen molar-refractivity contribution in [2.45, 2.75) is 57.2 Å². The summed E-state index contributed by atoms with van der Waals surface area (Å²) in [7, 11) is 1.69. The number of hydrogen-bond donors (Lipinski definition) is 2. The molecule has 3 rings (SSSR count). The Morgan fingerprint density at radius 3 is 2.81 bits per heavy atom. The monoisotopic (exact) mass is 291 g/mol. The van der Waals surface area contributed by atoms with Crippen LogP contribution in [0.4, 0.5) is 0 Å². The minimum Gasteiger partial charge on any atom is -0.496 e. The fraction of sp³-hybridized carbons (Fsp3) is 0.647. The first-order chi connectivity index (χ1) is 10.2. The van der Waals surface area contributed by atoms with Gasteiger partial charge in [0.15, 0.2) is 0 Å². The fourth-order valence-electron chi connectivity index (χ4n) is 3.52. The Balaban J connectivity index is 1.86. The van der Waals surface area contributed by atoms with Crippen molar-refractivity contribution in [1.82, 2.24) is 5.32 Å². The molecule has 1 aromatic rings. The second-order valence-electron chi connectivity index (χ2n) is 6.22. The van der Waals surface area contributed by atoms with Crippen LogP contribution in [-0.2, 0) is 6.42 Å². The Kier molecular flexibility index (Phi) is 4.36. The lowest BCUT2D eigenvalue weighted by Crippen LogP contribution is -2.33. The molecule has 0 aromatic heterocycles. The highest BCUT2D eigenvalue weighted by molar-refractivity contribution is 5.50. The molecule has 1 aliphatic carbocycles. The number of nitrogens with one attached hydrogen (secondary N) is 1. The van der Waals surface area contributed by atoms with Crippen molar-refractivity contribution in [1.29, 1.82) is 0 Å². The van der Waals surface area contributed by atoms with E-state index in [1.165, 1.54) is 31.2 Å². The number of aliphatic hydroxyl groups excluding tert-OH is 1. The maximum atomic E-state index is 9.80. The van der Waals surface area contributed by atoms with Gasteiger partial charge in [-0.2, -0.15) is 0 Å². The highest BCUT2D eigenvalue weighted by Gasteiger charge is 2.26. The average molecular weight is 291 g/mol. The van der Waals surface area contributed by atoms with E-state index >= 15 is 0 Å². The molecule has 0 bridgehead atoms. The van der Waals surface area contributed by atoms with Crippen LogP contribution in [0.2, 0.25) is 0 Å². The number of hydrogen-bond acceptors (Lipinski definition) is 4. The van der Waals surface area contributed by atoms with E-state index in [1.807, 2.05) is 6.07 Å². The molecule has 0 radical (unpaired) electrons. The predicted octanol–water partition coefficient (Wildman–Crippen LogP) is 2.58. The lowest BCUT2D eigenvalue weighted by atomic mass is 10.0. The molecule has 2 atom stereocenters. The van der Waals surface area contributed by atoms with Crippen LogP contribution >= 0.6 is 0 Å². The van der Waals surface area contributed by atoms with Crippen LogP contribution in [0.3, 0.4) is 0 Å². The number of methoxy groups -OCH3 is 1. The first kappa shape index (κ1) is 14.7. The van der Waals surface area contributed by atoms with Crippen molar-refractivity contribution >= 4 is 0 Å². The van der Waals surface area contributed by atoms with Crippen molar-refractivity contribution in [3.05, 3.63) is 23.3 Å². The molecule has 1 aliphatic heterocycles. The summed E-state index contributed by atoms with van der Waals surface area (Å²) < 4.78 is 11.4. The van der Waals surface area contributed by atoms with Crippen LogP contribution in [0.5, 0.6) is 11.5 Å². The van der Waals surface area contributed by atoms with Gasteiger partial charge in [-0.25, -0.2) is 0 Å². The normalized spacial score (nSPS) is 22.9. The average Bonchev–Trinajstić information content (AvgIpc) is 3.11. The number of ether oxygens (including phenoxy) is 2. The lowest BCUT2D eigenvalue weighted by molar-refractivity contribution is 0.228. The molecule has 0 amide bonds. The molecule has 0 saturated heterocycles. The fourth-order valence-corrected chi connectivity index (χ4v) is 3.52. The van der Waals surface area contributed by atoms with Gasteiger partial charge in [0.05, 0.1) is 19.8 Å². The molecule has 0 spiro atoms. The highest BCUT2D eigenvalue weighted by atomic mass is 16.5. The predicted molar refractivity (Wildman–Crippen MR) is 82.0 cm³/mol. The van der Waals surface area contributed by atoms with Gasteiger partial charge in [0.2, 0.25) is 0 Å². The van der Waals surface area contributed by atoms with Gasteiger partial charge in [-0.1, -0.05) is 12.8 Å². The van der Waals surface area contributed by atoms with Gasteiger partial charge in [0, 0.05) is 23.6 Å². The Labute approximate surface area is 126 Å². The van der Waals surface area contributed by atoms with Crippen LogP contribution in [0.25, 0.3) is 0 Å². The standard InChI is InChI=1S/C17H25NO3/c1-11-7-12-8-17(20-2)14(9-16(12)21-11)15(10-19)18-13-5-3-4-6-13/h8-9,11,13,15,18-19H,3-7,10H2,1-2H3. The molecule has 1 saturated carbocycles. The van der Waals surface area contributed by atoms with Crippen LogP contribution in [0, 0.1) is 0 Å². The summed E-state index contributed by atoms with van der Waals surface area (Å²) in [6.45, 7) is 2.15. The molecular formula is C17H25NO3. The molecular weight excluding hydrogens is 266 g/mol. The second-order valence-corrected chi connectivity index (χ2v) is 6.22. The third-order valence-electron chi connectivity index (χ3n) is 4.60. The summed E-state index contributed by atoms with van der Waals surface area (Å²) in [4.78, 5) is 0. The van der Waals surface area contributed by atoms with Crippen LogP contribution in [-0.4, -0.2) is 31.0 Å². The van der Waals surface area contributed by atoms with Crippen LogP contribution < -0.4 is 14.8 Å². The van der Waals surface area contributed by atoms with Crippen molar-refractivity contribution in [2.75, 3.05) is 13.7 Å². The molecule has 1 fully saturated rings. The van der Waals surface area contributed by atoms with E-state index in [2.05, 4.69) is 18.3 Å². The zero-order chi connectivity index (χ0) is 14.8. The number of benzene rings is 1. The summed E-state index contributed by atoms with van der Waals surface area (Å²) >= 11 is 0. The van der Waals surface area contributed by atoms with Gasteiger partial charge in [-0.15, -0.1) is 0 Å².